The first-order valence-electron chi connectivity index (χ1n) is 3.95. The molecule has 4 atom stereocenters. The van der Waals surface area contributed by atoms with Gasteiger partial charge in [0, 0.05) is 0 Å². The maximum atomic E-state index is 10.7. The quantitative estimate of drug-likeness (QED) is 0.202. The van der Waals surface area contributed by atoms with E-state index >= 15 is 0 Å². The molecule has 0 aromatic carbocycles. The predicted molar refractivity (Wildman–Crippen MR) is 45.8 cm³/mol. The monoisotopic (exact) mass is 456 g/mol. The predicted octanol–water partition coefficient (Wildman–Crippen LogP) is -4.51. The Kier molecular flexibility index (Phi) is 8.62. The van der Waals surface area contributed by atoms with Crippen molar-refractivity contribution >= 4 is 15.2 Å². The fraction of sp³-hybridized carbons (Fsp3) is 0.833. The molecule has 17 heavy (non-hydrogen) atoms. The van der Waals surface area contributed by atoms with Gasteiger partial charge in [-0.1, -0.05) is 0 Å². The average Bonchev–Trinajstić information content (AvgIpc) is 2.22. The van der Waals surface area contributed by atoms with E-state index in [1.807, 2.05) is 0 Å². The maximum Gasteiger partial charge on any atom is 1.00 e. The second kappa shape index (κ2) is 7.53. The van der Waals surface area contributed by atoms with E-state index in [-0.39, 0.29) is 22.4 Å². The summed E-state index contributed by atoms with van der Waals surface area (Å²) in [5, 5.41) is 41.9. The first-order valence-corrected chi connectivity index (χ1v) is 5.36. The van der Waals surface area contributed by atoms with Crippen LogP contribution in [0, 0.1) is 0 Å². The van der Waals surface area contributed by atoms with Crippen LogP contribution in [0.25, 0.3) is 0 Å². The molecule has 11 heteroatoms. The molecule has 0 aliphatic heterocycles. The number of carbonyl (C=O) groups is 1. The molecule has 0 aliphatic rings. The molecule has 0 aromatic rings. The second-order valence-electron chi connectivity index (χ2n) is 2.95. The van der Waals surface area contributed by atoms with Crippen LogP contribution in [-0.4, -0.2) is 74.6 Å². The normalized spacial score (nSPS) is 18.7. The standard InChI is InChI=1S/C6H12O9S.Au/c7-1-2(8)3(9)4(10)5(11)6(12)16(13,14)15;/h2-5,7-11H,1H2,(H,13,14,15);/q;+1/p-1/t2-,3-,4+,5+;/m1./s1. The molecule has 0 aliphatic carbocycles. The summed E-state index contributed by atoms with van der Waals surface area (Å²) in [6.07, 6.45) is -9.17. The number of hydrogen-bond donors (Lipinski definition) is 5. The zero-order valence-corrected chi connectivity index (χ0v) is 11.1. The van der Waals surface area contributed by atoms with Gasteiger partial charge >= 0.3 is 22.4 Å². The molecule has 0 saturated heterocycles. The minimum Gasteiger partial charge on any atom is -0.742 e. The van der Waals surface area contributed by atoms with Crippen LogP contribution in [0.1, 0.15) is 0 Å². The topological polar surface area (TPSA) is 175 Å². The third kappa shape index (κ3) is 5.52. The number of carbonyl (C=O) groups excluding carboxylic acids is 1. The molecule has 0 heterocycles. The molecule has 0 fully saturated rings. The van der Waals surface area contributed by atoms with Crippen molar-refractivity contribution in [3.8, 4) is 0 Å². The second-order valence-corrected chi connectivity index (χ2v) is 4.26. The third-order valence-electron chi connectivity index (χ3n) is 1.74. The third-order valence-corrected chi connectivity index (χ3v) is 2.48. The largest absolute Gasteiger partial charge is 1.00 e. The van der Waals surface area contributed by atoms with Gasteiger partial charge in [-0.15, -0.1) is 0 Å². The van der Waals surface area contributed by atoms with Crippen LogP contribution >= 0.6 is 0 Å². The molecule has 9 nitrogen and oxygen atoms in total. The molecular weight excluding hydrogens is 445 g/mol. The van der Waals surface area contributed by atoms with Crippen molar-refractivity contribution < 1.29 is 65.7 Å². The van der Waals surface area contributed by atoms with Gasteiger partial charge in [-0.25, -0.2) is 8.42 Å². The van der Waals surface area contributed by atoms with Gasteiger partial charge in [0.1, 0.15) is 18.3 Å². The van der Waals surface area contributed by atoms with Crippen molar-refractivity contribution in [2.45, 2.75) is 24.4 Å². The van der Waals surface area contributed by atoms with Gasteiger partial charge in [-0.2, -0.15) is 0 Å². The summed E-state index contributed by atoms with van der Waals surface area (Å²) >= 11 is 0. The van der Waals surface area contributed by atoms with Gasteiger partial charge in [0.05, 0.1) is 6.61 Å². The summed E-state index contributed by atoms with van der Waals surface area (Å²) in [5.41, 5.74) is 0. The molecule has 0 aromatic heterocycles. The van der Waals surface area contributed by atoms with E-state index in [2.05, 4.69) is 0 Å². The van der Waals surface area contributed by atoms with Crippen molar-refractivity contribution in [3.05, 3.63) is 0 Å². The summed E-state index contributed by atoms with van der Waals surface area (Å²) < 4.78 is 30.5. The van der Waals surface area contributed by atoms with Gasteiger partial charge in [0.15, 0.2) is 16.2 Å². The van der Waals surface area contributed by atoms with Crippen LogP contribution < -0.4 is 0 Å². The Labute approximate surface area is 112 Å². The Morgan fingerprint density at radius 1 is 1.12 bits per heavy atom. The van der Waals surface area contributed by atoms with Gasteiger partial charge in [0.2, 0.25) is 0 Å². The van der Waals surface area contributed by atoms with Gasteiger partial charge in [-0.05, 0) is 0 Å². The summed E-state index contributed by atoms with van der Waals surface area (Å²) in [7, 11) is -5.47. The zero-order chi connectivity index (χ0) is 13.1. The smallest absolute Gasteiger partial charge is 0.742 e. The van der Waals surface area contributed by atoms with E-state index in [0.717, 1.165) is 0 Å². The minimum absolute atomic E-state index is 0. The maximum absolute atomic E-state index is 10.7. The van der Waals surface area contributed by atoms with E-state index in [4.69, 9.17) is 25.5 Å². The zero-order valence-electron chi connectivity index (χ0n) is 8.10. The van der Waals surface area contributed by atoms with Crippen LogP contribution in [0.4, 0.5) is 0 Å². The Morgan fingerprint density at radius 2 is 1.53 bits per heavy atom. The number of rotatable bonds is 5. The molecule has 0 saturated carbocycles. The van der Waals surface area contributed by atoms with E-state index in [1.165, 1.54) is 0 Å². The Bertz CT molecular complexity index is 341. The summed E-state index contributed by atoms with van der Waals surface area (Å²) in [6.45, 7) is -0.997. The van der Waals surface area contributed by atoms with E-state index in [9.17, 15) is 17.8 Å². The fourth-order valence-corrected chi connectivity index (χ4v) is 1.24. The van der Waals surface area contributed by atoms with Gasteiger partial charge < -0.3 is 30.1 Å². The molecule has 5 N–H and O–H groups in total. The first kappa shape index (κ1) is 19.5. The molecule has 0 amide bonds. The molecule has 0 rings (SSSR count). The van der Waals surface area contributed by atoms with Crippen LogP contribution in [-0.2, 0) is 37.3 Å². The molecular formula is C6H11AuO9S. The molecule has 0 unspecified atom stereocenters. The Hall–Kier alpha value is 0.120. The molecule has 0 radical (unpaired) electrons. The minimum atomic E-state index is -5.47. The average molecular weight is 456 g/mol. The number of aliphatic hydroxyl groups is 5. The van der Waals surface area contributed by atoms with Crippen LogP contribution in [0.5, 0.6) is 0 Å². The molecule has 0 bridgehead atoms. The van der Waals surface area contributed by atoms with Crippen molar-refractivity contribution in [2.24, 2.45) is 0 Å². The van der Waals surface area contributed by atoms with Crippen LogP contribution in [0.2, 0.25) is 0 Å². The van der Waals surface area contributed by atoms with Crippen molar-refractivity contribution in [1.82, 2.24) is 0 Å². The number of aliphatic hydroxyl groups excluding tert-OH is 5. The summed E-state index contributed by atoms with van der Waals surface area (Å²) in [5.74, 6) is 0. The molecule has 0 spiro atoms. The van der Waals surface area contributed by atoms with Gasteiger partial charge in [-0.3, -0.25) is 4.79 Å². The van der Waals surface area contributed by atoms with E-state index in [1.54, 1.807) is 0 Å². The van der Waals surface area contributed by atoms with Crippen molar-refractivity contribution in [2.75, 3.05) is 6.61 Å². The molecule has 106 valence electrons. The summed E-state index contributed by atoms with van der Waals surface area (Å²) in [4.78, 5) is 10.7. The summed E-state index contributed by atoms with van der Waals surface area (Å²) in [6, 6.07) is 0. The fourth-order valence-electron chi connectivity index (χ4n) is 0.810. The van der Waals surface area contributed by atoms with E-state index in [0.29, 0.717) is 0 Å². The Balaban J connectivity index is 0. The number of hydrogen-bond acceptors (Lipinski definition) is 9. The van der Waals surface area contributed by atoms with Crippen molar-refractivity contribution in [1.29, 1.82) is 0 Å². The van der Waals surface area contributed by atoms with Crippen LogP contribution in [0.3, 0.4) is 0 Å². The van der Waals surface area contributed by atoms with Gasteiger partial charge in [0.25, 0.3) is 5.12 Å². The van der Waals surface area contributed by atoms with Crippen molar-refractivity contribution in [3.63, 3.8) is 0 Å². The van der Waals surface area contributed by atoms with E-state index < -0.39 is 46.3 Å². The SMILES string of the molecule is O=C([C@@H](O)[C@@H](O)[C@H](O)[C@H](O)CO)S(=O)(=O)[O-].[Au+]. The Morgan fingerprint density at radius 3 is 1.82 bits per heavy atom. The van der Waals surface area contributed by atoms with Crippen LogP contribution in [0.15, 0.2) is 0 Å². The first-order chi connectivity index (χ1) is 7.12.